The van der Waals surface area contributed by atoms with Gasteiger partial charge in [0.05, 0.1) is 17.6 Å². The van der Waals surface area contributed by atoms with Crippen molar-refractivity contribution in [3.63, 3.8) is 0 Å². The molecule has 1 aliphatic rings. The van der Waals surface area contributed by atoms with Crippen LogP contribution in [0.3, 0.4) is 0 Å². The highest BCUT2D eigenvalue weighted by molar-refractivity contribution is 6.06. The summed E-state index contributed by atoms with van der Waals surface area (Å²) < 4.78 is 1.89. The molecular weight excluding hydrogens is 360 g/mol. The van der Waals surface area contributed by atoms with Gasteiger partial charge in [0, 0.05) is 30.0 Å². The predicted octanol–water partition coefficient (Wildman–Crippen LogP) is 4.22. The number of carbonyl (C=O) groups excluding carboxylic acids is 1. The molecule has 1 aliphatic carbocycles. The molecular formula is C24H24N4O. The van der Waals surface area contributed by atoms with Crippen molar-refractivity contribution in [1.29, 1.82) is 0 Å². The second-order valence-corrected chi connectivity index (χ2v) is 7.67. The average molecular weight is 384 g/mol. The summed E-state index contributed by atoms with van der Waals surface area (Å²) in [6, 6.07) is 16.1. The number of fused-ring (bicyclic) bond motifs is 3. The molecule has 0 bridgehead atoms. The topological polar surface area (TPSA) is 62.7 Å². The number of aryl methyl sites for hydroxylation is 2. The van der Waals surface area contributed by atoms with E-state index in [0.29, 0.717) is 13.1 Å². The standard InChI is InChI=1S/C24H24N4O/c29-24(21-11-5-10-20-19-9-3-4-12-22(19)27-23(20)21)25-15-17-7-1-2-8-18(17)16-28-14-6-13-26-28/h1-2,5-8,10-11,13-14,27H,3-4,9,12,15-16H2,(H,25,29). The summed E-state index contributed by atoms with van der Waals surface area (Å²) in [4.78, 5) is 16.6. The summed E-state index contributed by atoms with van der Waals surface area (Å²) in [7, 11) is 0. The van der Waals surface area contributed by atoms with Crippen molar-refractivity contribution >= 4 is 16.8 Å². The normalized spacial score (nSPS) is 13.4. The molecule has 0 unspecified atom stereocenters. The van der Waals surface area contributed by atoms with E-state index < -0.39 is 0 Å². The number of nitrogens with zero attached hydrogens (tertiary/aromatic N) is 2. The second kappa shape index (κ2) is 7.59. The van der Waals surface area contributed by atoms with Crippen molar-refractivity contribution < 1.29 is 4.79 Å². The van der Waals surface area contributed by atoms with Gasteiger partial charge in [0.1, 0.15) is 0 Å². The van der Waals surface area contributed by atoms with Gasteiger partial charge >= 0.3 is 0 Å². The first kappa shape index (κ1) is 17.7. The molecule has 2 heterocycles. The molecule has 4 aromatic rings. The minimum Gasteiger partial charge on any atom is -0.358 e. The van der Waals surface area contributed by atoms with E-state index in [1.54, 1.807) is 6.20 Å². The predicted molar refractivity (Wildman–Crippen MR) is 114 cm³/mol. The lowest BCUT2D eigenvalue weighted by Gasteiger charge is -2.11. The first-order valence-electron chi connectivity index (χ1n) is 10.2. The van der Waals surface area contributed by atoms with Gasteiger partial charge in [-0.1, -0.05) is 36.4 Å². The molecule has 5 nitrogen and oxygen atoms in total. The Hall–Kier alpha value is -3.34. The third kappa shape index (κ3) is 3.44. The molecule has 0 fully saturated rings. The van der Waals surface area contributed by atoms with Gasteiger partial charge in [-0.15, -0.1) is 0 Å². The van der Waals surface area contributed by atoms with E-state index in [9.17, 15) is 4.79 Å². The first-order valence-corrected chi connectivity index (χ1v) is 10.2. The summed E-state index contributed by atoms with van der Waals surface area (Å²) in [6.07, 6.45) is 8.34. The molecule has 146 valence electrons. The van der Waals surface area contributed by atoms with E-state index >= 15 is 0 Å². The van der Waals surface area contributed by atoms with Crippen molar-refractivity contribution in [2.24, 2.45) is 0 Å². The van der Waals surface area contributed by atoms with E-state index in [1.807, 2.05) is 41.2 Å². The summed E-state index contributed by atoms with van der Waals surface area (Å²) in [6.45, 7) is 1.19. The Balaban J connectivity index is 1.37. The summed E-state index contributed by atoms with van der Waals surface area (Å²) in [5.74, 6) is -0.0388. The Morgan fingerprint density at radius 1 is 1.03 bits per heavy atom. The van der Waals surface area contributed by atoms with Crippen LogP contribution in [0.4, 0.5) is 0 Å². The Morgan fingerprint density at radius 3 is 2.76 bits per heavy atom. The van der Waals surface area contributed by atoms with E-state index in [2.05, 4.69) is 33.6 Å². The quantitative estimate of drug-likeness (QED) is 0.541. The van der Waals surface area contributed by atoms with Crippen LogP contribution in [0.1, 0.15) is 45.6 Å². The minimum atomic E-state index is -0.0388. The van der Waals surface area contributed by atoms with E-state index in [4.69, 9.17) is 0 Å². The fourth-order valence-corrected chi connectivity index (χ4v) is 4.34. The number of hydrogen-bond donors (Lipinski definition) is 2. The van der Waals surface area contributed by atoms with Crippen molar-refractivity contribution in [2.45, 2.75) is 38.8 Å². The highest BCUT2D eigenvalue weighted by Crippen LogP contribution is 2.30. The summed E-state index contributed by atoms with van der Waals surface area (Å²) in [5.41, 5.74) is 6.66. The van der Waals surface area contributed by atoms with Crippen LogP contribution in [-0.4, -0.2) is 20.7 Å². The summed E-state index contributed by atoms with van der Waals surface area (Å²) in [5, 5.41) is 8.61. The minimum absolute atomic E-state index is 0.0388. The Labute approximate surface area is 169 Å². The molecule has 2 N–H and O–H groups in total. The Kier molecular flexibility index (Phi) is 4.64. The van der Waals surface area contributed by atoms with E-state index in [-0.39, 0.29) is 5.91 Å². The van der Waals surface area contributed by atoms with Crippen molar-refractivity contribution in [3.8, 4) is 0 Å². The zero-order valence-electron chi connectivity index (χ0n) is 16.3. The van der Waals surface area contributed by atoms with Gasteiger partial charge in [-0.3, -0.25) is 9.48 Å². The van der Waals surface area contributed by atoms with Crippen molar-refractivity contribution in [2.75, 3.05) is 0 Å². The number of nitrogens with one attached hydrogen (secondary N) is 2. The number of aromatic amines is 1. The SMILES string of the molecule is O=C(NCc1ccccc1Cn1cccn1)c1cccc2c3c([nH]c12)CCCC3. The van der Waals surface area contributed by atoms with Crippen LogP contribution in [0, 0.1) is 0 Å². The lowest BCUT2D eigenvalue weighted by molar-refractivity contribution is 0.0952. The zero-order valence-corrected chi connectivity index (χ0v) is 16.3. The third-order valence-corrected chi connectivity index (χ3v) is 5.83. The number of rotatable bonds is 5. The van der Waals surface area contributed by atoms with Crippen molar-refractivity contribution in [3.05, 3.63) is 88.9 Å². The van der Waals surface area contributed by atoms with Crippen molar-refractivity contribution in [1.82, 2.24) is 20.1 Å². The van der Waals surface area contributed by atoms with Gasteiger partial charge in [-0.05, 0) is 54.5 Å². The van der Waals surface area contributed by atoms with Crippen LogP contribution < -0.4 is 5.32 Å². The van der Waals surface area contributed by atoms with E-state index in [0.717, 1.165) is 35.0 Å². The molecule has 0 saturated carbocycles. The smallest absolute Gasteiger partial charge is 0.253 e. The van der Waals surface area contributed by atoms with Crippen LogP contribution >= 0.6 is 0 Å². The molecule has 0 saturated heterocycles. The second-order valence-electron chi connectivity index (χ2n) is 7.67. The highest BCUT2D eigenvalue weighted by atomic mass is 16.1. The van der Waals surface area contributed by atoms with Gasteiger partial charge in [0.2, 0.25) is 0 Å². The van der Waals surface area contributed by atoms with Gasteiger partial charge in [-0.2, -0.15) is 5.10 Å². The third-order valence-electron chi connectivity index (χ3n) is 5.83. The molecule has 0 atom stereocenters. The number of aromatic nitrogens is 3. The lowest BCUT2D eigenvalue weighted by Crippen LogP contribution is -2.24. The monoisotopic (exact) mass is 384 g/mol. The number of amides is 1. The first-order chi connectivity index (χ1) is 14.3. The largest absolute Gasteiger partial charge is 0.358 e. The number of H-pyrrole nitrogens is 1. The lowest BCUT2D eigenvalue weighted by atomic mass is 9.95. The van der Waals surface area contributed by atoms with Crippen LogP contribution in [0.15, 0.2) is 60.9 Å². The number of carbonyl (C=O) groups is 1. The number of benzene rings is 2. The fraction of sp³-hybridized carbons (Fsp3) is 0.250. The fourth-order valence-electron chi connectivity index (χ4n) is 4.34. The van der Waals surface area contributed by atoms with Crippen LogP contribution in [-0.2, 0) is 25.9 Å². The molecule has 0 radical (unpaired) electrons. The van der Waals surface area contributed by atoms with Gasteiger partial charge in [0.15, 0.2) is 0 Å². The molecule has 0 aliphatic heterocycles. The van der Waals surface area contributed by atoms with Gasteiger partial charge in [0.25, 0.3) is 5.91 Å². The Morgan fingerprint density at radius 2 is 1.90 bits per heavy atom. The molecule has 1 amide bonds. The van der Waals surface area contributed by atoms with Crippen LogP contribution in [0.5, 0.6) is 0 Å². The number of para-hydroxylation sites is 1. The maximum absolute atomic E-state index is 13.0. The maximum atomic E-state index is 13.0. The molecule has 5 heteroatoms. The summed E-state index contributed by atoms with van der Waals surface area (Å²) >= 11 is 0. The van der Waals surface area contributed by atoms with Gasteiger partial charge < -0.3 is 10.3 Å². The number of hydrogen-bond acceptors (Lipinski definition) is 2. The average Bonchev–Trinajstić information content (AvgIpc) is 3.40. The molecule has 2 aromatic heterocycles. The highest BCUT2D eigenvalue weighted by Gasteiger charge is 2.19. The molecule has 29 heavy (non-hydrogen) atoms. The maximum Gasteiger partial charge on any atom is 0.253 e. The van der Waals surface area contributed by atoms with Crippen LogP contribution in [0.2, 0.25) is 0 Å². The molecule has 2 aromatic carbocycles. The molecule has 5 rings (SSSR count). The molecule has 0 spiro atoms. The van der Waals surface area contributed by atoms with E-state index in [1.165, 1.54) is 29.5 Å². The Bertz CT molecular complexity index is 1160. The van der Waals surface area contributed by atoms with Gasteiger partial charge in [-0.25, -0.2) is 0 Å². The van der Waals surface area contributed by atoms with Crippen LogP contribution in [0.25, 0.3) is 10.9 Å². The zero-order chi connectivity index (χ0) is 19.6.